The van der Waals surface area contributed by atoms with Crippen LogP contribution in [0.15, 0.2) is 47.1 Å². The molecule has 8 nitrogen and oxygen atoms in total. The molecule has 0 bridgehead atoms. The molecule has 2 aliphatic rings. The molecule has 1 heterocycles. The molecule has 26 heavy (non-hydrogen) atoms. The van der Waals surface area contributed by atoms with E-state index in [-0.39, 0.29) is 29.5 Å². The van der Waals surface area contributed by atoms with Crippen LogP contribution >= 0.6 is 0 Å². The van der Waals surface area contributed by atoms with Gasteiger partial charge in [-0.3, -0.25) is 14.9 Å². The predicted molar refractivity (Wildman–Crippen MR) is 90.7 cm³/mol. The number of nitro groups is 1. The summed E-state index contributed by atoms with van der Waals surface area (Å²) in [6.45, 7) is 1.77. The number of hydrogen-bond acceptors (Lipinski definition) is 7. The van der Waals surface area contributed by atoms with E-state index in [1.165, 1.54) is 18.2 Å². The van der Waals surface area contributed by atoms with Crippen LogP contribution in [0.4, 0.5) is 5.69 Å². The number of ketones is 1. The van der Waals surface area contributed by atoms with Gasteiger partial charge in [0, 0.05) is 30.5 Å². The number of hydrogen-bond donors (Lipinski definition) is 1. The highest BCUT2D eigenvalue weighted by Gasteiger charge is 2.41. The van der Waals surface area contributed by atoms with Crippen LogP contribution in [0.5, 0.6) is 0 Å². The summed E-state index contributed by atoms with van der Waals surface area (Å²) >= 11 is 0. The van der Waals surface area contributed by atoms with Gasteiger partial charge in [0.1, 0.15) is 11.3 Å². The lowest BCUT2D eigenvalue weighted by Gasteiger charge is -2.32. The van der Waals surface area contributed by atoms with E-state index in [2.05, 4.69) is 0 Å². The highest BCUT2D eigenvalue weighted by molar-refractivity contribution is 6.03. The number of Topliss-reactive ketones (excluding diaryl/α,β-unsaturated/α-hetero) is 1. The zero-order valence-corrected chi connectivity index (χ0v) is 14.2. The zero-order chi connectivity index (χ0) is 18.8. The number of esters is 1. The minimum Gasteiger partial charge on any atom is -0.462 e. The van der Waals surface area contributed by atoms with E-state index in [0.717, 1.165) is 0 Å². The fourth-order valence-electron chi connectivity index (χ4n) is 3.32. The molecule has 0 unspecified atom stereocenters. The molecule has 3 rings (SSSR count). The van der Waals surface area contributed by atoms with Gasteiger partial charge in [-0.15, -0.1) is 0 Å². The van der Waals surface area contributed by atoms with Crippen molar-refractivity contribution in [3.05, 3.63) is 62.7 Å². The second kappa shape index (κ2) is 6.99. The molecule has 0 spiro atoms. The van der Waals surface area contributed by atoms with Gasteiger partial charge in [-0.05, 0) is 18.9 Å². The van der Waals surface area contributed by atoms with E-state index in [1.807, 2.05) is 0 Å². The van der Waals surface area contributed by atoms with Gasteiger partial charge in [-0.1, -0.05) is 12.1 Å². The quantitative estimate of drug-likeness (QED) is 0.498. The van der Waals surface area contributed by atoms with Crippen molar-refractivity contribution in [2.75, 3.05) is 6.61 Å². The van der Waals surface area contributed by atoms with Crippen LogP contribution in [0.3, 0.4) is 0 Å². The molecule has 1 atom stereocenters. The lowest BCUT2D eigenvalue weighted by molar-refractivity contribution is -0.384. The Morgan fingerprint density at radius 2 is 2.19 bits per heavy atom. The van der Waals surface area contributed by atoms with E-state index < -0.39 is 16.8 Å². The van der Waals surface area contributed by atoms with Crippen molar-refractivity contribution in [1.29, 1.82) is 0 Å². The number of nitrogens with zero attached hydrogens (tertiary/aromatic N) is 1. The minimum absolute atomic E-state index is 0.00125. The molecule has 1 aliphatic carbocycles. The summed E-state index contributed by atoms with van der Waals surface area (Å²) in [6, 6.07) is 5.82. The molecule has 0 amide bonds. The molecule has 0 fully saturated rings. The molecule has 8 heteroatoms. The number of carbonyl (C=O) groups is 2. The van der Waals surface area contributed by atoms with Crippen LogP contribution in [0.25, 0.3) is 0 Å². The number of nitrogens with two attached hydrogens (primary N) is 1. The normalized spacial score (nSPS) is 19.7. The van der Waals surface area contributed by atoms with Crippen molar-refractivity contribution < 1.29 is 24.0 Å². The van der Waals surface area contributed by atoms with Crippen molar-refractivity contribution in [2.24, 2.45) is 5.73 Å². The van der Waals surface area contributed by atoms with Crippen LogP contribution in [0, 0.1) is 10.1 Å². The third-order valence-electron chi connectivity index (χ3n) is 4.39. The number of rotatable bonds is 4. The highest BCUT2D eigenvalue weighted by Crippen LogP contribution is 2.44. The maximum absolute atomic E-state index is 12.6. The lowest BCUT2D eigenvalue weighted by atomic mass is 9.77. The number of non-ortho nitro benzene ring substituents is 1. The van der Waals surface area contributed by atoms with E-state index in [1.54, 1.807) is 13.0 Å². The van der Waals surface area contributed by atoms with E-state index in [0.29, 0.717) is 36.2 Å². The van der Waals surface area contributed by atoms with Crippen LogP contribution in [0.2, 0.25) is 0 Å². The Balaban J connectivity index is 2.19. The first-order valence-electron chi connectivity index (χ1n) is 8.29. The second-order valence-electron chi connectivity index (χ2n) is 6.00. The minimum atomic E-state index is -0.842. The summed E-state index contributed by atoms with van der Waals surface area (Å²) in [5.74, 6) is -1.41. The van der Waals surface area contributed by atoms with Crippen LogP contribution < -0.4 is 5.73 Å². The maximum Gasteiger partial charge on any atom is 0.340 e. The van der Waals surface area contributed by atoms with Gasteiger partial charge in [0.2, 0.25) is 5.88 Å². The van der Waals surface area contributed by atoms with E-state index >= 15 is 0 Å². The molecule has 0 radical (unpaired) electrons. The molecule has 1 aromatic carbocycles. The Kier molecular flexibility index (Phi) is 4.75. The van der Waals surface area contributed by atoms with Crippen molar-refractivity contribution in [1.82, 2.24) is 0 Å². The number of ether oxygens (including phenoxy) is 2. The summed E-state index contributed by atoms with van der Waals surface area (Å²) in [5, 5.41) is 11.1. The summed E-state index contributed by atoms with van der Waals surface area (Å²) in [6.07, 6.45) is 1.47. The first kappa shape index (κ1) is 17.7. The van der Waals surface area contributed by atoms with E-state index in [9.17, 15) is 19.7 Å². The van der Waals surface area contributed by atoms with E-state index in [4.69, 9.17) is 15.2 Å². The van der Waals surface area contributed by atoms with Gasteiger partial charge in [0.25, 0.3) is 5.69 Å². The zero-order valence-electron chi connectivity index (χ0n) is 14.2. The number of benzene rings is 1. The van der Waals surface area contributed by atoms with Gasteiger partial charge in [0.05, 0.1) is 17.4 Å². The molecular weight excluding hydrogens is 340 g/mol. The Bertz CT molecular complexity index is 855. The molecule has 1 aromatic rings. The number of nitro benzene ring substituents is 1. The maximum atomic E-state index is 12.6. The Morgan fingerprint density at radius 1 is 1.42 bits per heavy atom. The van der Waals surface area contributed by atoms with Gasteiger partial charge >= 0.3 is 5.97 Å². The van der Waals surface area contributed by atoms with Crippen LogP contribution in [-0.4, -0.2) is 23.3 Å². The average Bonchev–Trinajstić information content (AvgIpc) is 2.61. The molecule has 0 saturated heterocycles. The number of allylic oxidation sites excluding steroid dienone is 2. The van der Waals surface area contributed by atoms with Crippen molar-refractivity contribution >= 4 is 17.4 Å². The summed E-state index contributed by atoms with van der Waals surface area (Å²) in [7, 11) is 0. The van der Waals surface area contributed by atoms with Crippen LogP contribution in [-0.2, 0) is 19.1 Å². The smallest absolute Gasteiger partial charge is 0.340 e. The standard InChI is InChI=1S/C18H18N2O6/c1-2-25-18(22)16-14(10-5-3-6-11(9-10)20(23)24)15-12(21)7-4-8-13(15)26-17(16)19/h3,5-6,9,14H,2,4,7-8,19H2,1H3/t14-/m1/s1. The molecule has 0 saturated carbocycles. The highest BCUT2D eigenvalue weighted by atomic mass is 16.6. The number of carbonyl (C=O) groups excluding carboxylic acids is 2. The molecular formula is C18H18N2O6. The third kappa shape index (κ3) is 3.05. The Labute approximate surface area is 149 Å². The summed E-state index contributed by atoms with van der Waals surface area (Å²) in [5.41, 5.74) is 6.58. The Morgan fingerprint density at radius 3 is 2.88 bits per heavy atom. The van der Waals surface area contributed by atoms with Crippen molar-refractivity contribution in [2.45, 2.75) is 32.1 Å². The molecule has 136 valence electrons. The largest absolute Gasteiger partial charge is 0.462 e. The first-order chi connectivity index (χ1) is 12.4. The molecule has 2 N–H and O–H groups in total. The van der Waals surface area contributed by atoms with Gasteiger partial charge in [-0.2, -0.15) is 0 Å². The first-order valence-corrected chi connectivity index (χ1v) is 8.29. The predicted octanol–water partition coefficient (Wildman–Crippen LogP) is 2.45. The Hall–Kier alpha value is -3.16. The summed E-state index contributed by atoms with van der Waals surface area (Å²) < 4.78 is 10.6. The molecule has 0 aromatic heterocycles. The topological polar surface area (TPSA) is 122 Å². The summed E-state index contributed by atoms with van der Waals surface area (Å²) in [4.78, 5) is 35.7. The average molecular weight is 358 g/mol. The fourth-order valence-corrected chi connectivity index (χ4v) is 3.32. The van der Waals surface area contributed by atoms with Crippen LogP contribution in [0.1, 0.15) is 37.7 Å². The fraction of sp³-hybridized carbons (Fsp3) is 0.333. The molecule has 1 aliphatic heterocycles. The van der Waals surface area contributed by atoms with Gasteiger partial charge in [0.15, 0.2) is 5.78 Å². The van der Waals surface area contributed by atoms with Gasteiger partial charge < -0.3 is 15.2 Å². The third-order valence-corrected chi connectivity index (χ3v) is 4.39. The van der Waals surface area contributed by atoms with Crippen molar-refractivity contribution in [3.8, 4) is 0 Å². The monoisotopic (exact) mass is 358 g/mol. The van der Waals surface area contributed by atoms with Crippen molar-refractivity contribution in [3.63, 3.8) is 0 Å². The SMILES string of the molecule is CCOC(=O)C1=C(N)OC2=C(C(=O)CCC2)[C@H]1c1cccc([N+](=O)[O-])c1. The lowest BCUT2D eigenvalue weighted by Crippen LogP contribution is -2.31. The second-order valence-corrected chi connectivity index (χ2v) is 6.00. The van der Waals surface area contributed by atoms with Gasteiger partial charge in [-0.25, -0.2) is 4.79 Å².